The number of Topliss-reactive ketones (excluding diaryl/α,β-unsaturated/α-hetero) is 2. The third-order valence-corrected chi connectivity index (χ3v) is 2.14. The van der Waals surface area contributed by atoms with Crippen LogP contribution < -0.4 is 0 Å². The Kier molecular flexibility index (Phi) is 1.93. The highest BCUT2D eigenvalue weighted by Gasteiger charge is 2.32. The summed E-state index contributed by atoms with van der Waals surface area (Å²) in [6.45, 7) is 0. The number of allylic oxidation sites excluding steroid dienone is 1. The molecule has 3 heteroatoms. The molecule has 0 saturated carbocycles. The van der Waals surface area contributed by atoms with Gasteiger partial charge in [-0.2, -0.15) is 0 Å². The van der Waals surface area contributed by atoms with Crippen molar-refractivity contribution in [3.63, 3.8) is 0 Å². The smallest absolute Gasteiger partial charge is 0.200 e. The van der Waals surface area contributed by atoms with Gasteiger partial charge in [-0.3, -0.25) is 9.59 Å². The molecule has 0 N–H and O–H groups in total. The van der Waals surface area contributed by atoms with Gasteiger partial charge in [0.25, 0.3) is 0 Å². The van der Waals surface area contributed by atoms with Crippen LogP contribution in [-0.2, 0) is 4.74 Å². The van der Waals surface area contributed by atoms with Crippen molar-refractivity contribution in [1.82, 2.24) is 0 Å². The number of methoxy groups -OCH3 is 1. The minimum absolute atomic E-state index is 0.105. The summed E-state index contributed by atoms with van der Waals surface area (Å²) in [6.07, 6.45) is 1.20. The van der Waals surface area contributed by atoms with E-state index in [9.17, 15) is 9.59 Å². The summed E-state index contributed by atoms with van der Waals surface area (Å²) < 4.78 is 4.69. The predicted molar refractivity (Wildman–Crippen MR) is 50.2 cm³/mol. The summed E-state index contributed by atoms with van der Waals surface area (Å²) in [4.78, 5) is 23.3. The molecule has 0 atom stereocenters. The van der Waals surface area contributed by atoms with Crippen LogP contribution in [0.25, 0.3) is 0 Å². The zero-order valence-electron chi connectivity index (χ0n) is 7.61. The molecule has 0 bridgehead atoms. The summed E-state index contributed by atoms with van der Waals surface area (Å²) in [5, 5.41) is 0. The van der Waals surface area contributed by atoms with Crippen LogP contribution in [0.3, 0.4) is 0 Å². The van der Waals surface area contributed by atoms with Crippen molar-refractivity contribution in [2.45, 2.75) is 0 Å². The first-order valence-electron chi connectivity index (χ1n) is 4.17. The van der Waals surface area contributed by atoms with Gasteiger partial charge in [0, 0.05) is 11.1 Å². The molecule has 0 spiro atoms. The Labute approximate surface area is 81.0 Å². The molecule has 1 aromatic carbocycles. The molecule has 2 rings (SSSR count). The highest BCUT2D eigenvalue weighted by atomic mass is 16.5. The lowest BCUT2D eigenvalue weighted by molar-refractivity contribution is 0.0982. The van der Waals surface area contributed by atoms with E-state index in [1.807, 2.05) is 0 Å². The molecule has 1 aromatic rings. The number of hydrogen-bond acceptors (Lipinski definition) is 3. The summed E-state index contributed by atoms with van der Waals surface area (Å²) in [6, 6.07) is 6.76. The van der Waals surface area contributed by atoms with Crippen LogP contribution >= 0.6 is 0 Å². The molecular weight excluding hydrogens is 180 g/mol. The van der Waals surface area contributed by atoms with Gasteiger partial charge in [0.05, 0.1) is 13.4 Å². The van der Waals surface area contributed by atoms with E-state index in [1.165, 1.54) is 13.4 Å². The van der Waals surface area contributed by atoms with Crippen molar-refractivity contribution in [3.05, 3.63) is 47.2 Å². The summed E-state index contributed by atoms with van der Waals surface area (Å²) in [7, 11) is 1.41. The van der Waals surface area contributed by atoms with Gasteiger partial charge in [-0.15, -0.1) is 0 Å². The van der Waals surface area contributed by atoms with E-state index >= 15 is 0 Å². The number of ether oxygens (including phenoxy) is 1. The lowest BCUT2D eigenvalue weighted by Crippen LogP contribution is -2.00. The largest absolute Gasteiger partial charge is 0.503 e. The van der Waals surface area contributed by atoms with Crippen LogP contribution in [0, 0.1) is 0 Å². The van der Waals surface area contributed by atoms with Crippen molar-refractivity contribution in [2.24, 2.45) is 0 Å². The van der Waals surface area contributed by atoms with Crippen LogP contribution in [0.1, 0.15) is 20.7 Å². The van der Waals surface area contributed by atoms with Gasteiger partial charge in [-0.05, 0) is 0 Å². The van der Waals surface area contributed by atoms with Crippen molar-refractivity contribution in [2.75, 3.05) is 7.11 Å². The van der Waals surface area contributed by atoms with E-state index in [0.717, 1.165) is 0 Å². The fraction of sp³-hybridized carbons (Fsp3) is 0.0909. The first-order chi connectivity index (χ1) is 6.75. The number of fused-ring (bicyclic) bond motifs is 1. The first-order valence-corrected chi connectivity index (χ1v) is 4.17. The Balaban J connectivity index is 2.60. The second-order valence-corrected chi connectivity index (χ2v) is 2.97. The molecule has 0 amide bonds. The molecule has 0 radical (unpaired) electrons. The van der Waals surface area contributed by atoms with E-state index in [0.29, 0.717) is 11.1 Å². The highest BCUT2D eigenvalue weighted by molar-refractivity contribution is 6.39. The maximum Gasteiger partial charge on any atom is 0.200 e. The van der Waals surface area contributed by atoms with Gasteiger partial charge in [-0.25, -0.2) is 0 Å². The quantitative estimate of drug-likeness (QED) is 0.382. The van der Waals surface area contributed by atoms with E-state index in [1.54, 1.807) is 24.3 Å². The van der Waals surface area contributed by atoms with Gasteiger partial charge in [-0.1, -0.05) is 24.3 Å². The Morgan fingerprint density at radius 3 is 2.00 bits per heavy atom. The standard InChI is InChI=1S/C11H8O3/c1-14-6-9-10(12)7-4-2-3-5-8(7)11(9)13/h2-6H,1H3. The van der Waals surface area contributed by atoms with Gasteiger partial charge in [0.2, 0.25) is 11.6 Å². The maximum absolute atomic E-state index is 11.6. The van der Waals surface area contributed by atoms with E-state index in [2.05, 4.69) is 0 Å². The number of benzene rings is 1. The van der Waals surface area contributed by atoms with Crippen molar-refractivity contribution in [3.8, 4) is 0 Å². The number of ketones is 2. The maximum atomic E-state index is 11.6. The van der Waals surface area contributed by atoms with Crippen LogP contribution in [0.2, 0.25) is 0 Å². The Morgan fingerprint density at radius 2 is 1.57 bits per heavy atom. The van der Waals surface area contributed by atoms with E-state index in [4.69, 9.17) is 4.74 Å². The molecule has 0 aliphatic heterocycles. The molecular formula is C11H8O3. The number of rotatable bonds is 1. The lowest BCUT2D eigenvalue weighted by atomic mass is 10.1. The third kappa shape index (κ3) is 1.06. The van der Waals surface area contributed by atoms with Crippen molar-refractivity contribution >= 4 is 11.6 Å². The molecule has 3 nitrogen and oxygen atoms in total. The monoisotopic (exact) mass is 188 g/mol. The van der Waals surface area contributed by atoms with Crippen molar-refractivity contribution < 1.29 is 14.3 Å². The van der Waals surface area contributed by atoms with E-state index < -0.39 is 0 Å². The molecule has 70 valence electrons. The first kappa shape index (κ1) is 8.69. The number of carbonyl (C=O) groups is 2. The third-order valence-electron chi connectivity index (χ3n) is 2.14. The van der Waals surface area contributed by atoms with Crippen LogP contribution in [-0.4, -0.2) is 18.7 Å². The molecule has 0 unspecified atom stereocenters. The lowest BCUT2D eigenvalue weighted by Gasteiger charge is -1.91. The fourth-order valence-corrected chi connectivity index (χ4v) is 1.50. The minimum atomic E-state index is -0.257. The topological polar surface area (TPSA) is 43.4 Å². The zero-order chi connectivity index (χ0) is 10.1. The second kappa shape index (κ2) is 3.10. The van der Waals surface area contributed by atoms with Crippen molar-refractivity contribution in [1.29, 1.82) is 0 Å². The van der Waals surface area contributed by atoms with Gasteiger partial charge in [0.1, 0.15) is 5.57 Å². The second-order valence-electron chi connectivity index (χ2n) is 2.97. The van der Waals surface area contributed by atoms with Crippen LogP contribution in [0.15, 0.2) is 36.1 Å². The average Bonchev–Trinajstić information content (AvgIpc) is 2.45. The molecule has 14 heavy (non-hydrogen) atoms. The highest BCUT2D eigenvalue weighted by Crippen LogP contribution is 2.25. The SMILES string of the molecule is COC=C1C(=O)c2ccccc2C1=O. The molecule has 1 aliphatic carbocycles. The minimum Gasteiger partial charge on any atom is -0.503 e. The molecule has 0 saturated heterocycles. The predicted octanol–water partition coefficient (Wildman–Crippen LogP) is 1.60. The molecule has 0 fully saturated rings. The Bertz CT molecular complexity index is 407. The Hall–Kier alpha value is -1.90. The van der Waals surface area contributed by atoms with E-state index in [-0.39, 0.29) is 17.1 Å². The molecule has 0 heterocycles. The Morgan fingerprint density at radius 1 is 1.07 bits per heavy atom. The van der Waals surface area contributed by atoms with Crippen LogP contribution in [0.4, 0.5) is 0 Å². The summed E-state index contributed by atoms with van der Waals surface area (Å²) >= 11 is 0. The molecule has 0 aromatic heterocycles. The molecule has 1 aliphatic rings. The fourth-order valence-electron chi connectivity index (χ4n) is 1.50. The average molecular weight is 188 g/mol. The number of hydrogen-bond donors (Lipinski definition) is 0. The van der Waals surface area contributed by atoms with Gasteiger partial charge >= 0.3 is 0 Å². The number of carbonyl (C=O) groups excluding carboxylic acids is 2. The summed E-state index contributed by atoms with van der Waals surface area (Å²) in [5.41, 5.74) is 1.02. The normalized spacial score (nSPS) is 14.2. The zero-order valence-corrected chi connectivity index (χ0v) is 7.61. The van der Waals surface area contributed by atoms with Crippen LogP contribution in [0.5, 0.6) is 0 Å². The van der Waals surface area contributed by atoms with Gasteiger partial charge < -0.3 is 4.74 Å². The van der Waals surface area contributed by atoms with Gasteiger partial charge in [0.15, 0.2) is 0 Å². The summed E-state index contributed by atoms with van der Waals surface area (Å²) in [5.74, 6) is -0.514.